The lowest BCUT2D eigenvalue weighted by Crippen LogP contribution is -2.30. The van der Waals surface area contributed by atoms with E-state index in [1.807, 2.05) is 0 Å². The van der Waals surface area contributed by atoms with E-state index in [-0.39, 0.29) is 23.1 Å². The van der Waals surface area contributed by atoms with Crippen molar-refractivity contribution in [3.63, 3.8) is 0 Å². The summed E-state index contributed by atoms with van der Waals surface area (Å²) in [5.74, 6) is 0.183. The molecule has 0 spiro atoms. The monoisotopic (exact) mass is 253 g/mol. The van der Waals surface area contributed by atoms with Gasteiger partial charge in [0.1, 0.15) is 5.69 Å². The third kappa shape index (κ3) is 2.19. The summed E-state index contributed by atoms with van der Waals surface area (Å²) < 4.78 is 0. The Kier molecular flexibility index (Phi) is 2.81. The third-order valence-electron chi connectivity index (χ3n) is 2.99. The van der Waals surface area contributed by atoms with Gasteiger partial charge in [-0.05, 0) is 20.3 Å². The molecule has 1 unspecified atom stereocenters. The Morgan fingerprint density at radius 3 is 2.72 bits per heavy atom. The second-order valence-electron chi connectivity index (χ2n) is 4.77. The van der Waals surface area contributed by atoms with E-state index in [9.17, 15) is 15.2 Å². The molecule has 0 amide bonds. The van der Waals surface area contributed by atoms with E-state index in [1.54, 1.807) is 11.8 Å². The van der Waals surface area contributed by atoms with Gasteiger partial charge in [0.2, 0.25) is 11.8 Å². The second kappa shape index (κ2) is 4.05. The number of hydrogen-bond acceptors (Lipinski definition) is 7. The summed E-state index contributed by atoms with van der Waals surface area (Å²) in [4.78, 5) is 20.0. The standard InChI is InChI=1S/C10H15N5O3/c1-6-7(15(17)18)8(13-9(11)12-6)14-4-3-10(2,16)5-14/h16H,3-5H2,1-2H3,(H2,11,12,13). The highest BCUT2D eigenvalue weighted by Crippen LogP contribution is 2.33. The molecule has 0 saturated carbocycles. The third-order valence-corrected chi connectivity index (χ3v) is 2.99. The molecular weight excluding hydrogens is 238 g/mol. The van der Waals surface area contributed by atoms with Gasteiger partial charge in [0.05, 0.1) is 10.5 Å². The van der Waals surface area contributed by atoms with Gasteiger partial charge in [-0.1, -0.05) is 0 Å². The van der Waals surface area contributed by atoms with Gasteiger partial charge in [0.15, 0.2) is 0 Å². The highest BCUT2D eigenvalue weighted by molar-refractivity contribution is 5.62. The lowest BCUT2D eigenvalue weighted by atomic mass is 10.1. The van der Waals surface area contributed by atoms with E-state index < -0.39 is 10.5 Å². The van der Waals surface area contributed by atoms with E-state index >= 15 is 0 Å². The van der Waals surface area contributed by atoms with Crippen molar-refractivity contribution < 1.29 is 10.0 Å². The molecule has 0 aromatic carbocycles. The van der Waals surface area contributed by atoms with Crippen molar-refractivity contribution in [1.29, 1.82) is 0 Å². The van der Waals surface area contributed by atoms with Crippen LogP contribution in [0.25, 0.3) is 0 Å². The summed E-state index contributed by atoms with van der Waals surface area (Å²) >= 11 is 0. The topological polar surface area (TPSA) is 118 Å². The quantitative estimate of drug-likeness (QED) is 0.572. The molecule has 1 atom stereocenters. The van der Waals surface area contributed by atoms with Crippen LogP contribution in [0.1, 0.15) is 19.0 Å². The summed E-state index contributed by atoms with van der Waals surface area (Å²) in [5, 5.41) is 21.0. The van der Waals surface area contributed by atoms with Crippen LogP contribution < -0.4 is 10.6 Å². The highest BCUT2D eigenvalue weighted by atomic mass is 16.6. The molecule has 8 nitrogen and oxygen atoms in total. The molecule has 1 aromatic rings. The first-order chi connectivity index (χ1) is 8.30. The van der Waals surface area contributed by atoms with Gasteiger partial charge >= 0.3 is 5.69 Å². The number of nitrogens with two attached hydrogens (primary N) is 1. The minimum atomic E-state index is -0.860. The average molecular weight is 253 g/mol. The maximum absolute atomic E-state index is 11.1. The molecule has 1 saturated heterocycles. The summed E-state index contributed by atoms with van der Waals surface area (Å²) in [7, 11) is 0. The molecule has 1 aromatic heterocycles. The van der Waals surface area contributed by atoms with Crippen molar-refractivity contribution in [3.05, 3.63) is 15.8 Å². The van der Waals surface area contributed by atoms with Crippen LogP contribution in [0, 0.1) is 17.0 Å². The van der Waals surface area contributed by atoms with Gasteiger partial charge < -0.3 is 15.7 Å². The first-order valence-electron chi connectivity index (χ1n) is 5.56. The summed E-state index contributed by atoms with van der Waals surface area (Å²) in [5.41, 5.74) is 4.75. The van der Waals surface area contributed by atoms with Crippen LogP contribution in [-0.4, -0.2) is 38.7 Å². The van der Waals surface area contributed by atoms with Crippen molar-refractivity contribution in [2.75, 3.05) is 23.7 Å². The van der Waals surface area contributed by atoms with E-state index in [0.29, 0.717) is 19.5 Å². The van der Waals surface area contributed by atoms with Crippen molar-refractivity contribution in [1.82, 2.24) is 9.97 Å². The molecule has 3 N–H and O–H groups in total. The SMILES string of the molecule is Cc1nc(N)nc(N2CCC(C)(O)C2)c1[N+](=O)[O-]. The van der Waals surface area contributed by atoms with Crippen molar-refractivity contribution in [2.45, 2.75) is 25.9 Å². The van der Waals surface area contributed by atoms with Gasteiger partial charge in [-0.2, -0.15) is 4.98 Å². The fourth-order valence-corrected chi connectivity index (χ4v) is 2.13. The molecule has 18 heavy (non-hydrogen) atoms. The zero-order valence-corrected chi connectivity index (χ0v) is 10.3. The zero-order valence-electron chi connectivity index (χ0n) is 10.3. The number of nitrogens with zero attached hydrogens (tertiary/aromatic N) is 4. The number of β-amino-alcohol motifs (C(OH)–C–C–N with tert-alkyl or cyclic N) is 1. The van der Waals surface area contributed by atoms with Crippen LogP contribution in [-0.2, 0) is 0 Å². The first kappa shape index (κ1) is 12.5. The fourth-order valence-electron chi connectivity index (χ4n) is 2.13. The van der Waals surface area contributed by atoms with E-state index in [0.717, 1.165) is 0 Å². The maximum Gasteiger partial charge on any atom is 0.332 e. The van der Waals surface area contributed by atoms with Gasteiger partial charge in [-0.25, -0.2) is 4.98 Å². The molecule has 0 aliphatic carbocycles. The number of aromatic nitrogens is 2. The van der Waals surface area contributed by atoms with Crippen LogP contribution in [0.4, 0.5) is 17.5 Å². The Hall–Kier alpha value is -1.96. The molecule has 1 aliphatic heterocycles. The minimum absolute atomic E-state index is 0.000331. The number of nitrogen functional groups attached to an aromatic ring is 1. The average Bonchev–Trinajstić information content (AvgIpc) is 2.56. The lowest BCUT2D eigenvalue weighted by Gasteiger charge is -2.20. The van der Waals surface area contributed by atoms with Gasteiger partial charge in [0, 0.05) is 13.1 Å². The Bertz CT molecular complexity index is 503. The maximum atomic E-state index is 11.1. The predicted molar refractivity (Wildman–Crippen MR) is 65.3 cm³/mol. The van der Waals surface area contributed by atoms with Crippen LogP contribution in [0.3, 0.4) is 0 Å². The van der Waals surface area contributed by atoms with Gasteiger partial charge in [-0.15, -0.1) is 0 Å². The molecular formula is C10H15N5O3. The van der Waals surface area contributed by atoms with Crippen LogP contribution in [0.2, 0.25) is 0 Å². The Morgan fingerprint density at radius 2 is 2.22 bits per heavy atom. The summed E-state index contributed by atoms with van der Waals surface area (Å²) in [6.07, 6.45) is 0.535. The molecule has 1 fully saturated rings. The van der Waals surface area contributed by atoms with Crippen molar-refractivity contribution >= 4 is 17.5 Å². The first-order valence-corrected chi connectivity index (χ1v) is 5.56. The number of nitro groups is 1. The summed E-state index contributed by atoms with van der Waals surface area (Å²) in [6, 6.07) is 0. The number of aliphatic hydroxyl groups is 1. The minimum Gasteiger partial charge on any atom is -0.388 e. The molecule has 8 heteroatoms. The number of anilines is 2. The number of rotatable bonds is 2. The molecule has 98 valence electrons. The number of hydrogen-bond donors (Lipinski definition) is 2. The van der Waals surface area contributed by atoms with Crippen LogP contribution >= 0.6 is 0 Å². The molecule has 1 aliphatic rings. The van der Waals surface area contributed by atoms with E-state index in [2.05, 4.69) is 9.97 Å². The van der Waals surface area contributed by atoms with Crippen LogP contribution in [0.15, 0.2) is 0 Å². The summed E-state index contributed by atoms with van der Waals surface area (Å²) in [6.45, 7) is 4.01. The molecule has 2 heterocycles. The predicted octanol–water partition coefficient (Wildman–Crippen LogP) is 0.237. The second-order valence-corrected chi connectivity index (χ2v) is 4.77. The largest absolute Gasteiger partial charge is 0.388 e. The van der Waals surface area contributed by atoms with E-state index in [4.69, 9.17) is 5.73 Å². The lowest BCUT2D eigenvalue weighted by molar-refractivity contribution is -0.385. The Morgan fingerprint density at radius 1 is 1.56 bits per heavy atom. The highest BCUT2D eigenvalue weighted by Gasteiger charge is 2.36. The van der Waals surface area contributed by atoms with E-state index in [1.165, 1.54) is 6.92 Å². The molecule has 2 rings (SSSR count). The fraction of sp³-hybridized carbons (Fsp3) is 0.600. The Balaban J connectivity index is 2.47. The zero-order chi connectivity index (χ0) is 13.5. The smallest absolute Gasteiger partial charge is 0.332 e. The number of aryl methyl sites for hydroxylation is 1. The van der Waals surface area contributed by atoms with Crippen LogP contribution in [0.5, 0.6) is 0 Å². The van der Waals surface area contributed by atoms with Crippen molar-refractivity contribution in [2.24, 2.45) is 0 Å². The Labute approximate surface area is 104 Å². The van der Waals surface area contributed by atoms with Gasteiger partial charge in [0.25, 0.3) is 0 Å². The van der Waals surface area contributed by atoms with Gasteiger partial charge in [-0.3, -0.25) is 10.1 Å². The normalized spacial score (nSPS) is 23.4. The van der Waals surface area contributed by atoms with Crippen molar-refractivity contribution in [3.8, 4) is 0 Å². The molecule has 0 radical (unpaired) electrons. The molecule has 0 bridgehead atoms.